The number of benzene rings is 1. The van der Waals surface area contributed by atoms with Crippen molar-refractivity contribution in [1.29, 1.82) is 0 Å². The minimum absolute atomic E-state index is 0.116. The highest BCUT2D eigenvalue weighted by atomic mass is 35.5. The van der Waals surface area contributed by atoms with Crippen LogP contribution in [0.5, 0.6) is 0 Å². The first-order chi connectivity index (χ1) is 7.75. The quantitative estimate of drug-likeness (QED) is 0.800. The van der Waals surface area contributed by atoms with Gasteiger partial charge in [0.2, 0.25) is 0 Å². The van der Waals surface area contributed by atoms with Gasteiger partial charge in [-0.3, -0.25) is 0 Å². The Morgan fingerprint density at radius 1 is 1.44 bits per heavy atom. The molecule has 1 saturated heterocycles. The van der Waals surface area contributed by atoms with Crippen LogP contribution in [0.4, 0.5) is 0 Å². The lowest BCUT2D eigenvalue weighted by Crippen LogP contribution is -2.23. The summed E-state index contributed by atoms with van der Waals surface area (Å²) in [6, 6.07) is 7.59. The van der Waals surface area contributed by atoms with Crippen molar-refractivity contribution in [1.82, 2.24) is 0 Å². The molecule has 1 aliphatic rings. The van der Waals surface area contributed by atoms with Crippen molar-refractivity contribution in [3.8, 4) is 0 Å². The fourth-order valence-electron chi connectivity index (χ4n) is 1.79. The third-order valence-electron chi connectivity index (χ3n) is 2.67. The summed E-state index contributed by atoms with van der Waals surface area (Å²) in [4.78, 5) is 0. The average Bonchev–Trinajstić information content (AvgIpc) is 2.30. The van der Waals surface area contributed by atoms with Crippen LogP contribution < -0.4 is 0 Å². The number of hydrogen-bond donors (Lipinski definition) is 0. The minimum Gasteiger partial charge on any atom is -0.353 e. The summed E-state index contributed by atoms with van der Waals surface area (Å²) in [7, 11) is 0. The van der Waals surface area contributed by atoms with Crippen LogP contribution in [0, 0.1) is 6.92 Å². The lowest BCUT2D eigenvalue weighted by atomic mass is 10.1. The second-order valence-electron chi connectivity index (χ2n) is 3.98. The summed E-state index contributed by atoms with van der Waals surface area (Å²) in [5, 5.41) is 0.708. The second-order valence-corrected chi connectivity index (χ2v) is 4.41. The van der Waals surface area contributed by atoms with Gasteiger partial charge in [0, 0.05) is 11.6 Å². The molecule has 3 heteroatoms. The monoisotopic (exact) mass is 239 g/mol. The van der Waals surface area contributed by atoms with E-state index in [1.165, 1.54) is 0 Å². The molecule has 0 saturated carbocycles. The zero-order valence-electron chi connectivity index (χ0n) is 9.19. The van der Waals surface area contributed by atoms with Gasteiger partial charge in [-0.25, -0.2) is 0 Å². The van der Waals surface area contributed by atoms with E-state index >= 15 is 0 Å². The maximum absolute atomic E-state index is 5.92. The normalized spacial score (nSPS) is 23.0. The summed E-state index contributed by atoms with van der Waals surface area (Å²) >= 11 is 5.92. The molecule has 2 nitrogen and oxygen atoms in total. The Morgan fingerprint density at radius 3 is 3.00 bits per heavy atom. The van der Waals surface area contributed by atoms with Crippen LogP contribution >= 0.6 is 11.6 Å². The third kappa shape index (κ3) is 3.21. The minimum atomic E-state index is -0.221. The molecule has 2 atom stereocenters. The maximum atomic E-state index is 5.92. The van der Waals surface area contributed by atoms with Crippen LogP contribution in [0.15, 0.2) is 24.3 Å². The van der Waals surface area contributed by atoms with Gasteiger partial charge in [-0.1, -0.05) is 23.7 Å². The molecule has 16 heavy (non-hydrogen) atoms. The highest BCUT2D eigenvalue weighted by molar-refractivity contribution is 6.30. The standard InChI is InChI=1S/C13H16ClO2/c1-10(11-5-4-6-12(14)9-11)16-13-7-2-3-8-15-13/h4-6,9-10,13H,1-3,7-8H2/t10?,13-/m1/s1. The van der Waals surface area contributed by atoms with Crippen LogP contribution in [0.1, 0.15) is 30.9 Å². The molecule has 0 N–H and O–H groups in total. The zero-order valence-corrected chi connectivity index (χ0v) is 9.95. The molecular weight excluding hydrogens is 224 g/mol. The van der Waals surface area contributed by atoms with Crippen molar-refractivity contribution in [2.75, 3.05) is 6.61 Å². The van der Waals surface area contributed by atoms with Crippen molar-refractivity contribution in [3.63, 3.8) is 0 Å². The molecule has 0 aliphatic carbocycles. The summed E-state index contributed by atoms with van der Waals surface area (Å²) in [5.41, 5.74) is 0.988. The highest BCUT2D eigenvalue weighted by Gasteiger charge is 2.18. The summed E-state index contributed by atoms with van der Waals surface area (Å²) in [6.07, 6.45) is 2.90. The smallest absolute Gasteiger partial charge is 0.158 e. The van der Waals surface area contributed by atoms with E-state index in [2.05, 4.69) is 6.92 Å². The van der Waals surface area contributed by atoms with Crippen molar-refractivity contribution < 1.29 is 9.47 Å². The molecule has 1 aromatic rings. The zero-order chi connectivity index (χ0) is 11.4. The molecule has 2 rings (SSSR count). The van der Waals surface area contributed by atoms with Crippen LogP contribution in [-0.2, 0) is 9.47 Å². The summed E-state index contributed by atoms with van der Waals surface area (Å²) in [5.74, 6) is 0. The second kappa shape index (κ2) is 5.67. The number of ether oxygens (including phenoxy) is 2. The van der Waals surface area contributed by atoms with Gasteiger partial charge in [0.25, 0.3) is 0 Å². The Kier molecular flexibility index (Phi) is 4.22. The van der Waals surface area contributed by atoms with E-state index in [0.29, 0.717) is 5.02 Å². The molecule has 87 valence electrons. The maximum Gasteiger partial charge on any atom is 0.158 e. The largest absolute Gasteiger partial charge is 0.353 e. The van der Waals surface area contributed by atoms with Gasteiger partial charge in [0.1, 0.15) is 0 Å². The molecule has 1 aromatic carbocycles. The fourth-order valence-corrected chi connectivity index (χ4v) is 1.99. The van der Waals surface area contributed by atoms with Gasteiger partial charge in [0.05, 0.1) is 6.10 Å². The van der Waals surface area contributed by atoms with E-state index in [-0.39, 0.29) is 12.4 Å². The lowest BCUT2D eigenvalue weighted by molar-refractivity contribution is -0.180. The molecule has 1 heterocycles. The van der Waals surface area contributed by atoms with E-state index < -0.39 is 0 Å². The van der Waals surface area contributed by atoms with Gasteiger partial charge in [-0.05, 0) is 43.9 Å². The molecule has 1 unspecified atom stereocenters. The van der Waals surface area contributed by atoms with Crippen LogP contribution in [0.25, 0.3) is 0 Å². The molecule has 0 amide bonds. The van der Waals surface area contributed by atoms with Gasteiger partial charge >= 0.3 is 0 Å². The Bertz CT molecular complexity index is 334. The molecule has 0 bridgehead atoms. The molecule has 1 radical (unpaired) electrons. The number of hydrogen-bond acceptors (Lipinski definition) is 2. The molecule has 1 fully saturated rings. The third-order valence-corrected chi connectivity index (χ3v) is 2.91. The van der Waals surface area contributed by atoms with E-state index in [4.69, 9.17) is 21.1 Å². The Labute approximate surface area is 102 Å². The first-order valence-electron chi connectivity index (χ1n) is 5.61. The topological polar surface area (TPSA) is 18.5 Å². The molecule has 0 spiro atoms. The number of rotatable bonds is 3. The Morgan fingerprint density at radius 2 is 2.31 bits per heavy atom. The van der Waals surface area contributed by atoms with Gasteiger partial charge in [0.15, 0.2) is 6.29 Å². The van der Waals surface area contributed by atoms with Crippen molar-refractivity contribution in [2.45, 2.75) is 31.7 Å². The molecular formula is C13H16ClO2. The van der Waals surface area contributed by atoms with E-state index in [9.17, 15) is 0 Å². The van der Waals surface area contributed by atoms with Gasteiger partial charge in [-0.15, -0.1) is 0 Å². The first kappa shape index (κ1) is 11.9. The van der Waals surface area contributed by atoms with E-state index in [0.717, 1.165) is 31.4 Å². The van der Waals surface area contributed by atoms with Gasteiger partial charge in [-0.2, -0.15) is 0 Å². The van der Waals surface area contributed by atoms with E-state index in [1.54, 1.807) is 0 Å². The van der Waals surface area contributed by atoms with E-state index in [1.807, 2.05) is 24.3 Å². The number of halogens is 1. The molecule has 0 aromatic heterocycles. The van der Waals surface area contributed by atoms with Crippen molar-refractivity contribution in [2.24, 2.45) is 0 Å². The predicted molar refractivity (Wildman–Crippen MR) is 64.2 cm³/mol. The lowest BCUT2D eigenvalue weighted by Gasteiger charge is -2.26. The Balaban J connectivity index is 1.94. The predicted octanol–water partition coefficient (Wildman–Crippen LogP) is 3.76. The molecule has 1 aliphatic heterocycles. The summed E-state index contributed by atoms with van der Waals surface area (Å²) < 4.78 is 11.2. The Hall–Kier alpha value is -0.570. The van der Waals surface area contributed by atoms with Crippen LogP contribution in [0.2, 0.25) is 5.02 Å². The van der Waals surface area contributed by atoms with Crippen molar-refractivity contribution in [3.05, 3.63) is 41.8 Å². The van der Waals surface area contributed by atoms with Crippen LogP contribution in [0.3, 0.4) is 0 Å². The van der Waals surface area contributed by atoms with Crippen molar-refractivity contribution >= 4 is 11.6 Å². The van der Waals surface area contributed by atoms with Gasteiger partial charge < -0.3 is 9.47 Å². The fraction of sp³-hybridized carbons (Fsp3) is 0.462. The highest BCUT2D eigenvalue weighted by Crippen LogP contribution is 2.24. The SMILES string of the molecule is [CH2]C(O[C@@H]1CCCCO1)c1cccc(Cl)c1. The first-order valence-corrected chi connectivity index (χ1v) is 5.99. The van der Waals surface area contributed by atoms with Crippen LogP contribution in [-0.4, -0.2) is 12.9 Å². The summed E-state index contributed by atoms with van der Waals surface area (Å²) in [6.45, 7) is 4.77. The average molecular weight is 240 g/mol.